The van der Waals surface area contributed by atoms with Crippen molar-refractivity contribution < 1.29 is 14.3 Å². The summed E-state index contributed by atoms with van der Waals surface area (Å²) in [4.78, 5) is 24.0. The van der Waals surface area contributed by atoms with E-state index >= 15 is 0 Å². The molecule has 0 amide bonds. The van der Waals surface area contributed by atoms with E-state index in [4.69, 9.17) is 4.74 Å². The lowest BCUT2D eigenvalue weighted by Gasteiger charge is -2.62. The molecule has 4 fully saturated rings. The second kappa shape index (κ2) is 6.09. The Labute approximate surface area is 152 Å². The maximum absolute atomic E-state index is 12.7. The van der Waals surface area contributed by atoms with Crippen LogP contribution in [0.5, 0.6) is 0 Å². The van der Waals surface area contributed by atoms with Crippen molar-refractivity contribution in [3.05, 3.63) is 0 Å². The minimum absolute atomic E-state index is 0.0302. The molecule has 7 atom stereocenters. The van der Waals surface area contributed by atoms with Gasteiger partial charge in [-0.25, -0.2) is 0 Å². The Morgan fingerprint density at radius 2 is 1.84 bits per heavy atom. The van der Waals surface area contributed by atoms with E-state index in [2.05, 4.69) is 13.8 Å². The van der Waals surface area contributed by atoms with Gasteiger partial charge in [0.1, 0.15) is 11.9 Å². The predicted molar refractivity (Wildman–Crippen MR) is 96.9 cm³/mol. The Morgan fingerprint density at radius 1 is 1.04 bits per heavy atom. The van der Waals surface area contributed by atoms with Gasteiger partial charge in [0, 0.05) is 18.8 Å². The molecule has 0 aromatic rings. The van der Waals surface area contributed by atoms with Crippen molar-refractivity contribution in [3.63, 3.8) is 0 Å². The quantitative estimate of drug-likeness (QED) is 0.633. The van der Waals surface area contributed by atoms with Crippen LogP contribution < -0.4 is 0 Å². The van der Waals surface area contributed by atoms with Crippen LogP contribution in [0.2, 0.25) is 0 Å². The number of esters is 1. The smallest absolute Gasteiger partial charge is 0.302 e. The summed E-state index contributed by atoms with van der Waals surface area (Å²) in [6.45, 7) is 6.33. The highest BCUT2D eigenvalue weighted by Crippen LogP contribution is 2.64. The van der Waals surface area contributed by atoms with Gasteiger partial charge in [0.15, 0.2) is 0 Å². The molecule has 0 bridgehead atoms. The van der Waals surface area contributed by atoms with Crippen LogP contribution >= 0.6 is 0 Å². The third-order valence-corrected chi connectivity index (χ3v) is 8.90. The third kappa shape index (κ3) is 2.68. The molecule has 0 aromatic carbocycles. The van der Waals surface area contributed by atoms with Crippen LogP contribution in [0.1, 0.15) is 85.0 Å². The fourth-order valence-electron chi connectivity index (χ4n) is 7.53. The third-order valence-electron chi connectivity index (χ3n) is 8.90. The maximum atomic E-state index is 12.7. The highest BCUT2D eigenvalue weighted by molar-refractivity contribution is 5.85. The Balaban J connectivity index is 1.55. The first-order valence-electron chi connectivity index (χ1n) is 10.5. The Kier molecular flexibility index (Phi) is 4.28. The van der Waals surface area contributed by atoms with Crippen molar-refractivity contribution in [1.29, 1.82) is 0 Å². The van der Waals surface area contributed by atoms with Crippen molar-refractivity contribution in [2.24, 2.45) is 34.5 Å². The lowest BCUT2D eigenvalue weighted by Crippen LogP contribution is -2.56. The van der Waals surface area contributed by atoms with Gasteiger partial charge in [-0.2, -0.15) is 0 Å². The molecule has 140 valence electrons. The fourth-order valence-corrected chi connectivity index (χ4v) is 7.53. The molecule has 0 N–H and O–H groups in total. The van der Waals surface area contributed by atoms with Gasteiger partial charge < -0.3 is 4.74 Å². The summed E-state index contributed by atoms with van der Waals surface area (Å²) in [7, 11) is 0. The molecular formula is C22H34O3. The minimum Gasteiger partial charge on any atom is -0.463 e. The summed E-state index contributed by atoms with van der Waals surface area (Å²) in [5, 5.41) is 0. The molecule has 4 aliphatic carbocycles. The normalized spacial score (nSPS) is 49.6. The highest BCUT2D eigenvalue weighted by Gasteiger charge is 2.59. The molecule has 2 unspecified atom stereocenters. The number of Topliss-reactive ketones (excluding diaryl/α,β-unsaturated/α-hetero) is 1. The van der Waals surface area contributed by atoms with E-state index in [1.54, 1.807) is 0 Å². The zero-order chi connectivity index (χ0) is 17.8. The molecule has 0 spiro atoms. The molecule has 0 saturated heterocycles. The Hall–Kier alpha value is -0.860. The van der Waals surface area contributed by atoms with Crippen molar-refractivity contribution in [1.82, 2.24) is 0 Å². The largest absolute Gasteiger partial charge is 0.463 e. The first-order chi connectivity index (χ1) is 11.8. The lowest BCUT2D eigenvalue weighted by atomic mass is 9.43. The SMILES string of the molecule is CC(=O)O[C@@H]1CC[C@]2(C)C3CC[C@]4(C)C(=O)CCCC4[C@@H]3CC[C@H]2C1. The molecule has 0 radical (unpaired) electrons. The van der Waals surface area contributed by atoms with Crippen molar-refractivity contribution in [3.8, 4) is 0 Å². The van der Waals surface area contributed by atoms with Crippen LogP contribution in [0.3, 0.4) is 0 Å². The first-order valence-corrected chi connectivity index (χ1v) is 10.5. The molecule has 4 aliphatic rings. The zero-order valence-electron chi connectivity index (χ0n) is 16.2. The summed E-state index contributed by atoms with van der Waals surface area (Å²) in [6, 6.07) is 0. The molecule has 0 heterocycles. The molecule has 4 saturated carbocycles. The van der Waals surface area contributed by atoms with E-state index < -0.39 is 0 Å². The van der Waals surface area contributed by atoms with Crippen LogP contribution in [0, 0.1) is 34.5 Å². The summed E-state index contributed by atoms with van der Waals surface area (Å²) in [5.74, 6) is 3.25. The number of fused-ring (bicyclic) bond motifs is 5. The zero-order valence-corrected chi connectivity index (χ0v) is 16.2. The number of carbonyl (C=O) groups excluding carboxylic acids is 2. The standard InChI is InChI=1S/C22H34O3/c1-14(23)25-16-9-11-21(2)15(13-16)7-8-17-18-5-4-6-20(24)22(18,3)12-10-19(17)21/h15-19H,4-13H2,1-3H3/t15-,16+,17-,18?,19?,21-,22-/m0/s1. The average molecular weight is 347 g/mol. The molecular weight excluding hydrogens is 312 g/mol. The Bertz CT molecular complexity index is 570. The highest BCUT2D eigenvalue weighted by atomic mass is 16.5. The second-order valence-electron chi connectivity index (χ2n) is 9.93. The maximum Gasteiger partial charge on any atom is 0.302 e. The number of ether oxygens (including phenoxy) is 1. The monoisotopic (exact) mass is 346 g/mol. The van der Waals surface area contributed by atoms with E-state index in [1.807, 2.05) is 0 Å². The molecule has 3 heteroatoms. The summed E-state index contributed by atoms with van der Waals surface area (Å²) >= 11 is 0. The number of hydrogen-bond donors (Lipinski definition) is 0. The topological polar surface area (TPSA) is 43.4 Å². The Morgan fingerprint density at radius 3 is 2.60 bits per heavy atom. The van der Waals surface area contributed by atoms with Crippen LogP contribution in [-0.4, -0.2) is 17.9 Å². The first kappa shape index (κ1) is 17.5. The number of hydrogen-bond acceptors (Lipinski definition) is 3. The number of ketones is 1. The summed E-state index contributed by atoms with van der Waals surface area (Å²) < 4.78 is 5.55. The van der Waals surface area contributed by atoms with Gasteiger partial charge in [0.05, 0.1) is 0 Å². The fraction of sp³-hybridized carbons (Fsp3) is 0.909. The average Bonchev–Trinajstić information content (AvgIpc) is 2.56. The van der Waals surface area contributed by atoms with Gasteiger partial charge >= 0.3 is 5.97 Å². The van der Waals surface area contributed by atoms with Crippen molar-refractivity contribution in [2.75, 3.05) is 0 Å². The second-order valence-corrected chi connectivity index (χ2v) is 9.93. The molecule has 25 heavy (non-hydrogen) atoms. The van der Waals surface area contributed by atoms with E-state index in [1.165, 1.54) is 39.0 Å². The van der Waals surface area contributed by atoms with Gasteiger partial charge in [0.25, 0.3) is 0 Å². The molecule has 0 aliphatic heterocycles. The summed E-state index contributed by atoms with van der Waals surface area (Å²) in [6.07, 6.45) is 11.5. The van der Waals surface area contributed by atoms with Crippen LogP contribution in [0.4, 0.5) is 0 Å². The van der Waals surface area contributed by atoms with Crippen molar-refractivity contribution in [2.45, 2.75) is 91.1 Å². The van der Waals surface area contributed by atoms with Crippen molar-refractivity contribution >= 4 is 11.8 Å². The molecule has 4 rings (SSSR count). The minimum atomic E-state index is -0.128. The number of rotatable bonds is 1. The van der Waals surface area contributed by atoms with E-state index in [9.17, 15) is 9.59 Å². The van der Waals surface area contributed by atoms with Crippen LogP contribution in [0.15, 0.2) is 0 Å². The van der Waals surface area contributed by atoms with E-state index in [0.29, 0.717) is 23.0 Å². The van der Waals surface area contributed by atoms with E-state index in [0.717, 1.165) is 43.9 Å². The number of carbonyl (C=O) groups is 2. The van der Waals surface area contributed by atoms with E-state index in [-0.39, 0.29) is 17.5 Å². The lowest BCUT2D eigenvalue weighted by molar-refractivity contribution is -0.166. The summed E-state index contributed by atoms with van der Waals surface area (Å²) in [5.41, 5.74) is 0.360. The van der Waals surface area contributed by atoms with Gasteiger partial charge in [-0.05, 0) is 86.9 Å². The van der Waals surface area contributed by atoms with Crippen LogP contribution in [0.25, 0.3) is 0 Å². The van der Waals surface area contributed by atoms with Gasteiger partial charge in [-0.1, -0.05) is 13.8 Å². The van der Waals surface area contributed by atoms with Gasteiger partial charge in [-0.15, -0.1) is 0 Å². The van der Waals surface area contributed by atoms with Gasteiger partial charge in [0.2, 0.25) is 0 Å². The molecule has 0 aromatic heterocycles. The van der Waals surface area contributed by atoms with Gasteiger partial charge in [-0.3, -0.25) is 9.59 Å². The van der Waals surface area contributed by atoms with Crippen LogP contribution in [-0.2, 0) is 14.3 Å². The molecule has 3 nitrogen and oxygen atoms in total. The predicted octanol–water partition coefficient (Wildman–Crippen LogP) is 4.92.